The van der Waals surface area contributed by atoms with Crippen LogP contribution in [0.25, 0.3) is 0 Å². The standard InChI is InChI=1S/C11H12FN3/c12-11-2-1-9(10(5-11)6-13)7-15-4-3-14-8-15/h1-5,8H,6-7,13H2. The Bertz CT molecular complexity index is 437. The molecule has 0 aliphatic heterocycles. The third-order valence-corrected chi connectivity index (χ3v) is 2.30. The van der Waals surface area contributed by atoms with Crippen LogP contribution in [0.3, 0.4) is 0 Å². The Balaban J connectivity index is 2.28. The summed E-state index contributed by atoms with van der Waals surface area (Å²) in [6.45, 7) is 1.02. The maximum atomic E-state index is 12.9. The van der Waals surface area contributed by atoms with Gasteiger partial charge in [-0.15, -0.1) is 0 Å². The predicted molar refractivity (Wildman–Crippen MR) is 55.6 cm³/mol. The molecule has 0 radical (unpaired) electrons. The lowest BCUT2D eigenvalue weighted by atomic mass is 10.1. The minimum Gasteiger partial charge on any atom is -0.333 e. The van der Waals surface area contributed by atoms with E-state index >= 15 is 0 Å². The molecule has 0 aliphatic carbocycles. The van der Waals surface area contributed by atoms with E-state index in [-0.39, 0.29) is 5.82 Å². The molecule has 1 aromatic carbocycles. The monoisotopic (exact) mass is 205 g/mol. The van der Waals surface area contributed by atoms with Crippen molar-refractivity contribution in [1.82, 2.24) is 9.55 Å². The maximum Gasteiger partial charge on any atom is 0.123 e. The molecule has 0 atom stereocenters. The molecule has 78 valence electrons. The zero-order chi connectivity index (χ0) is 10.7. The van der Waals surface area contributed by atoms with Gasteiger partial charge in [0.25, 0.3) is 0 Å². The molecule has 0 saturated heterocycles. The van der Waals surface area contributed by atoms with Gasteiger partial charge < -0.3 is 10.3 Å². The summed E-state index contributed by atoms with van der Waals surface area (Å²) >= 11 is 0. The molecule has 2 aromatic rings. The first-order valence-corrected chi connectivity index (χ1v) is 4.72. The van der Waals surface area contributed by atoms with Crippen molar-refractivity contribution < 1.29 is 4.39 Å². The van der Waals surface area contributed by atoms with Gasteiger partial charge in [-0.25, -0.2) is 9.37 Å². The Hall–Kier alpha value is -1.68. The highest BCUT2D eigenvalue weighted by Gasteiger charge is 2.03. The molecule has 0 amide bonds. The highest BCUT2D eigenvalue weighted by molar-refractivity contribution is 5.28. The Morgan fingerprint density at radius 3 is 2.87 bits per heavy atom. The lowest BCUT2D eigenvalue weighted by Gasteiger charge is -2.08. The average Bonchev–Trinajstić information content (AvgIpc) is 2.73. The highest BCUT2D eigenvalue weighted by Crippen LogP contribution is 2.12. The molecular weight excluding hydrogens is 193 g/mol. The topological polar surface area (TPSA) is 43.8 Å². The molecule has 15 heavy (non-hydrogen) atoms. The molecule has 1 heterocycles. The lowest BCUT2D eigenvalue weighted by Crippen LogP contribution is -2.05. The lowest BCUT2D eigenvalue weighted by molar-refractivity contribution is 0.623. The molecule has 2 N–H and O–H groups in total. The van der Waals surface area contributed by atoms with E-state index in [0.717, 1.165) is 11.1 Å². The van der Waals surface area contributed by atoms with Crippen LogP contribution in [0, 0.1) is 5.82 Å². The van der Waals surface area contributed by atoms with Crippen molar-refractivity contribution in [3.05, 3.63) is 53.9 Å². The van der Waals surface area contributed by atoms with E-state index in [0.29, 0.717) is 13.1 Å². The number of hydrogen-bond acceptors (Lipinski definition) is 2. The minimum absolute atomic E-state index is 0.246. The van der Waals surface area contributed by atoms with Crippen LogP contribution in [0.1, 0.15) is 11.1 Å². The van der Waals surface area contributed by atoms with Crippen LogP contribution in [-0.2, 0) is 13.1 Å². The molecule has 2 rings (SSSR count). The van der Waals surface area contributed by atoms with E-state index in [9.17, 15) is 4.39 Å². The molecule has 0 fully saturated rings. The zero-order valence-electron chi connectivity index (χ0n) is 8.23. The quantitative estimate of drug-likeness (QED) is 0.825. The van der Waals surface area contributed by atoms with Gasteiger partial charge in [0, 0.05) is 25.5 Å². The predicted octanol–water partition coefficient (Wildman–Crippen LogP) is 1.53. The molecule has 1 aromatic heterocycles. The van der Waals surface area contributed by atoms with Crippen molar-refractivity contribution in [1.29, 1.82) is 0 Å². The van der Waals surface area contributed by atoms with Crippen molar-refractivity contribution in [2.24, 2.45) is 5.73 Å². The molecule has 0 bridgehead atoms. The van der Waals surface area contributed by atoms with E-state index in [1.165, 1.54) is 12.1 Å². The first kappa shape index (κ1) is 9.86. The number of nitrogens with two attached hydrogens (primary N) is 1. The van der Waals surface area contributed by atoms with E-state index in [4.69, 9.17) is 5.73 Å². The van der Waals surface area contributed by atoms with E-state index in [2.05, 4.69) is 4.98 Å². The summed E-state index contributed by atoms with van der Waals surface area (Å²) in [6, 6.07) is 4.69. The fourth-order valence-corrected chi connectivity index (χ4v) is 1.52. The second-order valence-corrected chi connectivity index (χ2v) is 3.35. The largest absolute Gasteiger partial charge is 0.333 e. The van der Waals surface area contributed by atoms with Crippen LogP contribution in [0.15, 0.2) is 36.9 Å². The summed E-state index contributed by atoms with van der Waals surface area (Å²) in [7, 11) is 0. The SMILES string of the molecule is NCc1cc(F)ccc1Cn1ccnc1. The Morgan fingerprint density at radius 1 is 1.33 bits per heavy atom. The summed E-state index contributed by atoms with van der Waals surface area (Å²) in [6.07, 6.45) is 5.30. The van der Waals surface area contributed by atoms with Crippen molar-refractivity contribution in [2.45, 2.75) is 13.1 Å². The van der Waals surface area contributed by atoms with Gasteiger partial charge in [-0.1, -0.05) is 6.07 Å². The molecule has 0 saturated carbocycles. The zero-order valence-corrected chi connectivity index (χ0v) is 8.23. The first-order valence-electron chi connectivity index (χ1n) is 4.72. The van der Waals surface area contributed by atoms with Crippen molar-refractivity contribution in [2.75, 3.05) is 0 Å². The normalized spacial score (nSPS) is 10.5. The van der Waals surface area contributed by atoms with E-state index < -0.39 is 0 Å². The second kappa shape index (κ2) is 4.23. The van der Waals surface area contributed by atoms with Crippen LogP contribution in [0.5, 0.6) is 0 Å². The first-order chi connectivity index (χ1) is 7.29. The Kier molecular flexibility index (Phi) is 2.78. The van der Waals surface area contributed by atoms with E-state index in [1.54, 1.807) is 18.6 Å². The smallest absolute Gasteiger partial charge is 0.123 e. The van der Waals surface area contributed by atoms with Crippen molar-refractivity contribution in [3.63, 3.8) is 0 Å². The summed E-state index contributed by atoms with van der Waals surface area (Å²) in [4.78, 5) is 3.95. The highest BCUT2D eigenvalue weighted by atomic mass is 19.1. The third kappa shape index (κ3) is 2.22. The molecular formula is C11H12FN3. The number of rotatable bonds is 3. The second-order valence-electron chi connectivity index (χ2n) is 3.35. The van der Waals surface area contributed by atoms with Gasteiger partial charge in [-0.05, 0) is 23.3 Å². The minimum atomic E-state index is -0.246. The summed E-state index contributed by atoms with van der Waals surface area (Å²) in [5.74, 6) is -0.246. The molecule has 0 spiro atoms. The van der Waals surface area contributed by atoms with Crippen LogP contribution < -0.4 is 5.73 Å². The number of hydrogen-bond donors (Lipinski definition) is 1. The fourth-order valence-electron chi connectivity index (χ4n) is 1.52. The van der Waals surface area contributed by atoms with Gasteiger partial charge in [-0.2, -0.15) is 0 Å². The van der Waals surface area contributed by atoms with Gasteiger partial charge >= 0.3 is 0 Å². The number of nitrogens with zero attached hydrogens (tertiary/aromatic N) is 2. The Morgan fingerprint density at radius 2 is 2.20 bits per heavy atom. The van der Waals surface area contributed by atoms with Crippen LogP contribution in [0.2, 0.25) is 0 Å². The molecule has 4 heteroatoms. The summed E-state index contributed by atoms with van der Waals surface area (Å²) in [5, 5.41) is 0. The van der Waals surface area contributed by atoms with Gasteiger partial charge in [0.1, 0.15) is 5.82 Å². The van der Waals surface area contributed by atoms with Gasteiger partial charge in [0.05, 0.1) is 6.33 Å². The molecule has 0 unspecified atom stereocenters. The Labute approximate surface area is 87.4 Å². The number of halogens is 1. The fraction of sp³-hybridized carbons (Fsp3) is 0.182. The third-order valence-electron chi connectivity index (χ3n) is 2.30. The summed E-state index contributed by atoms with van der Waals surface area (Å²) < 4.78 is 14.9. The van der Waals surface area contributed by atoms with Gasteiger partial charge in [0.2, 0.25) is 0 Å². The molecule has 0 aliphatic rings. The van der Waals surface area contributed by atoms with Crippen molar-refractivity contribution in [3.8, 4) is 0 Å². The van der Waals surface area contributed by atoms with Gasteiger partial charge in [0.15, 0.2) is 0 Å². The number of benzene rings is 1. The summed E-state index contributed by atoms with van der Waals surface area (Å²) in [5.41, 5.74) is 7.42. The molecule has 3 nitrogen and oxygen atoms in total. The maximum absolute atomic E-state index is 12.9. The number of imidazole rings is 1. The van der Waals surface area contributed by atoms with Crippen LogP contribution >= 0.6 is 0 Å². The van der Waals surface area contributed by atoms with Crippen molar-refractivity contribution >= 4 is 0 Å². The van der Waals surface area contributed by atoms with E-state index in [1.807, 2.05) is 10.8 Å². The average molecular weight is 205 g/mol. The van der Waals surface area contributed by atoms with Gasteiger partial charge in [-0.3, -0.25) is 0 Å². The van der Waals surface area contributed by atoms with Crippen LogP contribution in [0.4, 0.5) is 4.39 Å². The van der Waals surface area contributed by atoms with Crippen LogP contribution in [-0.4, -0.2) is 9.55 Å². The number of aromatic nitrogens is 2.